The van der Waals surface area contributed by atoms with E-state index in [4.69, 9.17) is 0 Å². The molecule has 1 aromatic heterocycles. The molecule has 0 radical (unpaired) electrons. The van der Waals surface area contributed by atoms with Crippen LogP contribution in [0.25, 0.3) is 0 Å². The summed E-state index contributed by atoms with van der Waals surface area (Å²) < 4.78 is 0. The van der Waals surface area contributed by atoms with E-state index in [9.17, 15) is 4.79 Å². The molecule has 1 aromatic carbocycles. The predicted octanol–water partition coefficient (Wildman–Crippen LogP) is 3.57. The predicted molar refractivity (Wildman–Crippen MR) is 123 cm³/mol. The van der Waals surface area contributed by atoms with E-state index in [1.165, 1.54) is 16.0 Å². The number of nitrogens with zero attached hydrogens (tertiary/aromatic N) is 2. The normalized spacial score (nSPS) is 14.7. The van der Waals surface area contributed by atoms with Crippen molar-refractivity contribution in [2.45, 2.75) is 32.9 Å². The maximum Gasteiger partial charge on any atom is 0.244 e. The number of hydrogen-bond donors (Lipinski definition) is 2. The molecule has 146 valence electrons. The number of thiophene rings is 1. The molecule has 1 aliphatic heterocycles. The second-order valence-electron chi connectivity index (χ2n) is 6.41. The minimum Gasteiger partial charge on any atom is -0.357 e. The van der Waals surface area contributed by atoms with Crippen molar-refractivity contribution in [1.82, 2.24) is 15.5 Å². The van der Waals surface area contributed by atoms with Gasteiger partial charge in [0.25, 0.3) is 0 Å². The number of rotatable bonds is 5. The summed E-state index contributed by atoms with van der Waals surface area (Å²) >= 11 is 1.78. The molecule has 0 bridgehead atoms. The molecule has 27 heavy (non-hydrogen) atoms. The molecule has 0 fully saturated rings. The molecule has 0 saturated carbocycles. The summed E-state index contributed by atoms with van der Waals surface area (Å²) in [4.78, 5) is 20.4. The number of hydrogen-bond acceptors (Lipinski definition) is 3. The Balaban J connectivity index is 0.00000261. The first-order chi connectivity index (χ1) is 12.7. The number of halogens is 1. The van der Waals surface area contributed by atoms with Crippen molar-refractivity contribution in [3.05, 3.63) is 57.8 Å². The van der Waals surface area contributed by atoms with Gasteiger partial charge < -0.3 is 15.5 Å². The third-order valence-electron chi connectivity index (χ3n) is 4.53. The van der Waals surface area contributed by atoms with E-state index < -0.39 is 0 Å². The minimum absolute atomic E-state index is 0. The van der Waals surface area contributed by atoms with Crippen LogP contribution in [0.3, 0.4) is 0 Å². The summed E-state index contributed by atoms with van der Waals surface area (Å²) in [7, 11) is 0. The van der Waals surface area contributed by atoms with E-state index >= 15 is 0 Å². The number of carbonyl (C=O) groups is 1. The molecule has 1 aliphatic rings. The van der Waals surface area contributed by atoms with Crippen LogP contribution in [0.5, 0.6) is 0 Å². The van der Waals surface area contributed by atoms with Crippen molar-refractivity contribution in [2.75, 3.05) is 19.6 Å². The molecule has 2 aromatic rings. The Labute approximate surface area is 182 Å². The molecule has 0 aliphatic carbocycles. The standard InChI is InChI=1S/C20H26N4OS.HI/c1-3-21-20(23-15(2)16-7-5-4-6-8-16)22-13-19(25)24-11-9-18-17(14-24)10-12-26-18;/h4-8,10,12,15H,3,9,11,13-14H2,1-2H3,(H2,21,22,23);1H. The SMILES string of the molecule is CCNC(=NCC(=O)N1CCc2sccc2C1)NC(C)c1ccccc1.I. The van der Waals surface area contributed by atoms with Gasteiger partial charge >= 0.3 is 0 Å². The number of nitrogens with one attached hydrogen (secondary N) is 2. The Bertz CT molecular complexity index is 762. The number of benzene rings is 1. The van der Waals surface area contributed by atoms with E-state index in [1.54, 1.807) is 11.3 Å². The Morgan fingerprint density at radius 3 is 2.81 bits per heavy atom. The summed E-state index contributed by atoms with van der Waals surface area (Å²) in [6, 6.07) is 12.5. The van der Waals surface area contributed by atoms with Crippen LogP contribution in [-0.2, 0) is 17.8 Å². The Morgan fingerprint density at radius 2 is 2.07 bits per heavy atom. The molecule has 5 nitrogen and oxygen atoms in total. The van der Waals surface area contributed by atoms with E-state index in [0.717, 1.165) is 19.5 Å². The van der Waals surface area contributed by atoms with Gasteiger partial charge in [0.1, 0.15) is 6.54 Å². The second kappa shape index (κ2) is 10.7. The lowest BCUT2D eigenvalue weighted by molar-refractivity contribution is -0.130. The van der Waals surface area contributed by atoms with Gasteiger partial charge in [-0.05, 0) is 42.8 Å². The van der Waals surface area contributed by atoms with Crippen molar-refractivity contribution >= 4 is 47.2 Å². The zero-order valence-electron chi connectivity index (χ0n) is 15.8. The van der Waals surface area contributed by atoms with E-state index in [2.05, 4.69) is 46.1 Å². The molecule has 3 rings (SSSR count). The van der Waals surface area contributed by atoms with Crippen LogP contribution in [0.15, 0.2) is 46.8 Å². The lowest BCUT2D eigenvalue weighted by Crippen LogP contribution is -2.41. The number of amides is 1. The number of carbonyl (C=O) groups excluding carboxylic acids is 1. The average Bonchev–Trinajstić information content (AvgIpc) is 3.14. The van der Waals surface area contributed by atoms with Crippen LogP contribution < -0.4 is 10.6 Å². The highest BCUT2D eigenvalue weighted by Gasteiger charge is 2.21. The van der Waals surface area contributed by atoms with Crippen molar-refractivity contribution in [1.29, 1.82) is 0 Å². The number of aliphatic imine (C=N–C) groups is 1. The summed E-state index contributed by atoms with van der Waals surface area (Å²) in [6.07, 6.45) is 0.950. The summed E-state index contributed by atoms with van der Waals surface area (Å²) in [5.41, 5.74) is 2.46. The van der Waals surface area contributed by atoms with Gasteiger partial charge in [-0.2, -0.15) is 0 Å². The van der Waals surface area contributed by atoms with Gasteiger partial charge in [-0.3, -0.25) is 4.79 Å². The van der Waals surface area contributed by atoms with Gasteiger partial charge in [-0.25, -0.2) is 4.99 Å². The van der Waals surface area contributed by atoms with Crippen molar-refractivity contribution in [3.63, 3.8) is 0 Å². The van der Waals surface area contributed by atoms with E-state index in [0.29, 0.717) is 12.5 Å². The molecular formula is C20H27IN4OS. The second-order valence-corrected chi connectivity index (χ2v) is 7.41. The first-order valence-electron chi connectivity index (χ1n) is 9.10. The molecular weight excluding hydrogens is 471 g/mol. The Morgan fingerprint density at radius 1 is 1.30 bits per heavy atom. The molecule has 1 unspecified atom stereocenters. The van der Waals surface area contributed by atoms with Gasteiger partial charge in [0.05, 0.1) is 6.04 Å². The van der Waals surface area contributed by atoms with Crippen LogP contribution in [0, 0.1) is 0 Å². The van der Waals surface area contributed by atoms with Crippen molar-refractivity contribution < 1.29 is 4.79 Å². The van der Waals surface area contributed by atoms with Gasteiger partial charge in [0, 0.05) is 24.5 Å². The fourth-order valence-corrected chi connectivity index (χ4v) is 3.95. The monoisotopic (exact) mass is 498 g/mol. The smallest absolute Gasteiger partial charge is 0.244 e. The fourth-order valence-electron chi connectivity index (χ4n) is 3.06. The van der Waals surface area contributed by atoms with Gasteiger partial charge in [-0.15, -0.1) is 35.3 Å². The zero-order chi connectivity index (χ0) is 18.4. The Kier molecular flexibility index (Phi) is 8.56. The maximum atomic E-state index is 12.6. The summed E-state index contributed by atoms with van der Waals surface area (Å²) in [5, 5.41) is 8.70. The largest absolute Gasteiger partial charge is 0.357 e. The van der Waals surface area contributed by atoms with E-state index in [-0.39, 0.29) is 42.5 Å². The van der Waals surface area contributed by atoms with Crippen LogP contribution in [-0.4, -0.2) is 36.4 Å². The highest BCUT2D eigenvalue weighted by molar-refractivity contribution is 14.0. The first-order valence-corrected chi connectivity index (χ1v) is 9.98. The highest BCUT2D eigenvalue weighted by atomic mass is 127. The quantitative estimate of drug-likeness (QED) is 0.377. The van der Waals surface area contributed by atoms with Gasteiger partial charge in [-0.1, -0.05) is 30.3 Å². The Hall–Kier alpha value is -1.61. The molecule has 2 N–H and O–H groups in total. The lowest BCUT2D eigenvalue weighted by atomic mass is 10.1. The number of fused-ring (bicyclic) bond motifs is 1. The molecule has 2 heterocycles. The molecule has 0 spiro atoms. The highest BCUT2D eigenvalue weighted by Crippen LogP contribution is 2.23. The summed E-state index contributed by atoms with van der Waals surface area (Å²) in [6.45, 7) is 6.52. The van der Waals surface area contributed by atoms with E-state index in [1.807, 2.05) is 30.0 Å². The topological polar surface area (TPSA) is 56.7 Å². The maximum absolute atomic E-state index is 12.6. The van der Waals surface area contributed by atoms with Crippen LogP contribution in [0.4, 0.5) is 0 Å². The van der Waals surface area contributed by atoms with Crippen molar-refractivity contribution in [3.8, 4) is 0 Å². The summed E-state index contributed by atoms with van der Waals surface area (Å²) in [5.74, 6) is 0.747. The zero-order valence-corrected chi connectivity index (χ0v) is 18.9. The molecule has 0 saturated heterocycles. The van der Waals surface area contributed by atoms with Gasteiger partial charge in [0.15, 0.2) is 5.96 Å². The van der Waals surface area contributed by atoms with Crippen LogP contribution in [0.2, 0.25) is 0 Å². The van der Waals surface area contributed by atoms with Crippen LogP contribution >= 0.6 is 35.3 Å². The van der Waals surface area contributed by atoms with Gasteiger partial charge in [0.2, 0.25) is 5.91 Å². The number of guanidine groups is 1. The third-order valence-corrected chi connectivity index (χ3v) is 5.55. The van der Waals surface area contributed by atoms with Crippen LogP contribution in [0.1, 0.15) is 35.9 Å². The molecule has 1 atom stereocenters. The molecule has 1 amide bonds. The average molecular weight is 498 g/mol. The first kappa shape index (κ1) is 21.7. The fraction of sp³-hybridized carbons (Fsp3) is 0.400. The lowest BCUT2D eigenvalue weighted by Gasteiger charge is -2.26. The minimum atomic E-state index is 0. The van der Waals surface area contributed by atoms with Crippen molar-refractivity contribution in [2.24, 2.45) is 4.99 Å². The third kappa shape index (κ3) is 5.93. The molecule has 7 heteroatoms.